The van der Waals surface area contributed by atoms with Crippen molar-refractivity contribution in [3.05, 3.63) is 102 Å². The Labute approximate surface area is 213 Å². The van der Waals surface area contributed by atoms with Gasteiger partial charge in [0, 0.05) is 0 Å². The van der Waals surface area contributed by atoms with Crippen LogP contribution in [0.4, 0.5) is 22.9 Å². The number of nitrogens with zero attached hydrogens (tertiary/aromatic N) is 2. The van der Waals surface area contributed by atoms with E-state index >= 15 is 0 Å². The molecule has 0 saturated heterocycles. The molecule has 0 aliphatic carbocycles. The van der Waals surface area contributed by atoms with Crippen molar-refractivity contribution in [3.63, 3.8) is 0 Å². The van der Waals surface area contributed by atoms with E-state index in [4.69, 9.17) is 4.42 Å². The Morgan fingerprint density at radius 3 is 2.31 bits per heavy atom. The van der Waals surface area contributed by atoms with Gasteiger partial charge in [-0.1, -0.05) is 0 Å². The third-order valence-electron chi connectivity index (χ3n) is 7.27. The second-order valence-corrected chi connectivity index (χ2v) is 12.7. The van der Waals surface area contributed by atoms with Crippen LogP contribution >= 0.6 is 0 Å². The van der Waals surface area contributed by atoms with Crippen molar-refractivity contribution in [2.75, 3.05) is 9.62 Å². The van der Waals surface area contributed by atoms with E-state index in [2.05, 4.69) is 114 Å². The molecule has 0 fully saturated rings. The third kappa shape index (κ3) is 2.63. The van der Waals surface area contributed by atoms with Crippen molar-refractivity contribution < 1.29 is 4.42 Å². The minimum atomic E-state index is -0.536. The fourth-order valence-electron chi connectivity index (χ4n) is 6.02. The molecule has 0 atom stereocenters. The molecular weight excluding hydrogens is 543 g/mol. The topological polar surface area (TPSA) is 19.6 Å². The molecule has 2 aliphatic rings. The van der Waals surface area contributed by atoms with Crippen LogP contribution in [-0.2, 0) is 0 Å². The van der Waals surface area contributed by atoms with Crippen molar-refractivity contribution >= 4 is 73.6 Å². The molecule has 0 bridgehead atoms. The fourth-order valence-corrected chi connectivity index (χ4v) is 9.73. The molecule has 4 aromatic carbocycles. The van der Waals surface area contributed by atoms with E-state index in [0.29, 0.717) is 0 Å². The second-order valence-electron chi connectivity index (χ2n) is 9.57. The van der Waals surface area contributed by atoms with Gasteiger partial charge in [0.2, 0.25) is 0 Å². The molecule has 0 radical (unpaired) electrons. The van der Waals surface area contributed by atoms with Gasteiger partial charge in [-0.05, 0) is 0 Å². The van der Waals surface area contributed by atoms with Crippen LogP contribution in [0.1, 0.15) is 11.1 Å². The Morgan fingerprint density at radius 1 is 0.743 bits per heavy atom. The van der Waals surface area contributed by atoms with Crippen LogP contribution in [0.15, 0.2) is 95.4 Å². The predicted octanol–water partition coefficient (Wildman–Crippen LogP) is 6.93. The van der Waals surface area contributed by atoms with Crippen molar-refractivity contribution in [1.82, 2.24) is 0 Å². The molecule has 8 rings (SSSR count). The molecule has 2 aliphatic heterocycles. The van der Waals surface area contributed by atoms with Crippen LogP contribution in [0.5, 0.6) is 0 Å². The fraction of sp³-hybridized carbons (Fsp3) is 0.0667. The number of aryl methyl sites for hydroxylation is 2. The van der Waals surface area contributed by atoms with Crippen LogP contribution < -0.4 is 13.1 Å². The summed E-state index contributed by atoms with van der Waals surface area (Å²) >= 11 is -0.536. The minimum absolute atomic E-state index is 0.0919. The second kappa shape index (κ2) is 7.07. The molecule has 35 heavy (non-hydrogen) atoms. The summed E-state index contributed by atoms with van der Waals surface area (Å²) in [4.78, 5) is 5.03. The number of benzene rings is 4. The van der Waals surface area contributed by atoms with Gasteiger partial charge in [0.25, 0.3) is 0 Å². The molecule has 6 aromatic rings. The van der Waals surface area contributed by atoms with Crippen molar-refractivity contribution in [2.24, 2.45) is 0 Å². The van der Waals surface area contributed by atoms with Crippen LogP contribution in [0, 0.1) is 13.8 Å². The van der Waals surface area contributed by atoms with Gasteiger partial charge in [-0.2, -0.15) is 0 Å². The molecule has 0 spiro atoms. The molecule has 4 heterocycles. The Balaban J connectivity index is 1.52. The van der Waals surface area contributed by atoms with Gasteiger partial charge in [-0.25, -0.2) is 0 Å². The van der Waals surface area contributed by atoms with E-state index in [1.165, 1.54) is 53.5 Å². The summed E-state index contributed by atoms with van der Waals surface area (Å²) in [6.45, 7) is 4.48. The Morgan fingerprint density at radius 2 is 1.46 bits per heavy atom. The van der Waals surface area contributed by atoms with Gasteiger partial charge < -0.3 is 0 Å². The van der Waals surface area contributed by atoms with Gasteiger partial charge >= 0.3 is 215 Å². The summed E-state index contributed by atoms with van der Waals surface area (Å²) in [5, 5.41) is 2.59. The number of hydrogen-bond acceptors (Lipinski definition) is 3. The van der Waals surface area contributed by atoms with Crippen molar-refractivity contribution in [3.8, 4) is 11.1 Å². The van der Waals surface area contributed by atoms with E-state index < -0.39 is 20.4 Å². The molecule has 2 aromatic heterocycles. The van der Waals surface area contributed by atoms with E-state index in [-0.39, 0.29) is 6.98 Å². The summed E-state index contributed by atoms with van der Waals surface area (Å²) in [6, 6.07) is 33.3. The first-order valence-electron chi connectivity index (χ1n) is 12.0. The van der Waals surface area contributed by atoms with Gasteiger partial charge in [-0.15, -0.1) is 0 Å². The standard InChI is InChI=1S/C30H21BN2OTe/c1-18-15-19(2)17-20(16-18)32-28-22-10-4-7-13-25(22)34-30(28)33-24-12-6-3-9-21(24)27-23-11-5-8-14-26(23)35-29(27)31(32)33/h3-17H,1-2H3. The van der Waals surface area contributed by atoms with Gasteiger partial charge in [0.15, 0.2) is 0 Å². The molecule has 0 amide bonds. The van der Waals surface area contributed by atoms with Crippen LogP contribution in [-0.4, -0.2) is 27.4 Å². The predicted molar refractivity (Wildman–Crippen MR) is 148 cm³/mol. The third-order valence-corrected chi connectivity index (χ3v) is 10.7. The Kier molecular flexibility index (Phi) is 4.02. The zero-order valence-corrected chi connectivity index (χ0v) is 21.8. The molecule has 3 nitrogen and oxygen atoms in total. The maximum absolute atomic E-state index is 6.65. The zero-order chi connectivity index (χ0) is 23.3. The van der Waals surface area contributed by atoms with E-state index in [9.17, 15) is 0 Å². The number of hydrogen-bond donors (Lipinski definition) is 0. The number of anilines is 4. The molecule has 0 saturated carbocycles. The first-order chi connectivity index (χ1) is 17.2. The van der Waals surface area contributed by atoms with Crippen LogP contribution in [0.3, 0.4) is 0 Å². The average molecular weight is 564 g/mol. The molecule has 5 heteroatoms. The summed E-state index contributed by atoms with van der Waals surface area (Å²) in [5.41, 5.74) is 9.92. The SMILES string of the molecule is Cc1cc(C)cc(N2B3c4[te]c5ccccc5c4-c4ccccc4N3c3oc4ccccc4c32)c1. The van der Waals surface area contributed by atoms with Gasteiger partial charge in [-0.3, -0.25) is 0 Å². The Hall–Kier alpha value is -3.39. The van der Waals surface area contributed by atoms with Crippen molar-refractivity contribution in [1.29, 1.82) is 0 Å². The first-order valence-corrected chi connectivity index (χ1v) is 14.3. The molecule has 166 valence electrons. The summed E-state index contributed by atoms with van der Waals surface area (Å²) in [6.07, 6.45) is 0. The van der Waals surface area contributed by atoms with Crippen LogP contribution in [0.2, 0.25) is 0 Å². The summed E-state index contributed by atoms with van der Waals surface area (Å²) < 4.78 is 9.76. The monoisotopic (exact) mass is 566 g/mol. The molecule has 0 N–H and O–H groups in total. The maximum atomic E-state index is 6.65. The molecular formula is C30H21BN2OTe. The number of furan rings is 1. The van der Waals surface area contributed by atoms with Gasteiger partial charge in [0.05, 0.1) is 0 Å². The van der Waals surface area contributed by atoms with E-state index in [1.807, 2.05) is 0 Å². The average Bonchev–Trinajstić information content (AvgIpc) is 3.52. The summed E-state index contributed by atoms with van der Waals surface area (Å²) in [5.74, 6) is 0.956. The van der Waals surface area contributed by atoms with Crippen LogP contribution in [0.25, 0.3) is 30.9 Å². The number of rotatable bonds is 1. The Bertz CT molecular complexity index is 1800. The number of para-hydroxylation sites is 2. The number of fused-ring (bicyclic) bond motifs is 12. The van der Waals surface area contributed by atoms with E-state index in [1.54, 1.807) is 3.48 Å². The molecule has 0 unspecified atom stereocenters. The van der Waals surface area contributed by atoms with Crippen molar-refractivity contribution in [2.45, 2.75) is 13.8 Å². The zero-order valence-electron chi connectivity index (χ0n) is 19.4. The van der Waals surface area contributed by atoms with Gasteiger partial charge in [0.1, 0.15) is 0 Å². The van der Waals surface area contributed by atoms with E-state index in [0.717, 1.165) is 11.5 Å². The normalized spacial score (nSPS) is 13.8. The first kappa shape index (κ1) is 19.9. The quantitative estimate of drug-likeness (QED) is 0.202. The summed E-state index contributed by atoms with van der Waals surface area (Å²) in [7, 11) is 0.